The Labute approximate surface area is 149 Å². The van der Waals surface area contributed by atoms with Crippen molar-refractivity contribution in [3.05, 3.63) is 24.3 Å². The smallest absolute Gasteiger partial charge is 0.236 e. The fraction of sp³-hybridized carbons (Fsp3) is 0.632. The first-order chi connectivity index (χ1) is 11.5. The molecule has 1 amide bonds. The van der Waals surface area contributed by atoms with Crippen LogP contribution < -0.4 is 10.1 Å². The van der Waals surface area contributed by atoms with Gasteiger partial charge in [0.15, 0.2) is 0 Å². The Morgan fingerprint density at radius 1 is 1.25 bits per heavy atom. The van der Waals surface area contributed by atoms with Gasteiger partial charge in [-0.15, -0.1) is 11.8 Å². The average molecular weight is 352 g/mol. The second kappa shape index (κ2) is 9.33. The number of amides is 1. The van der Waals surface area contributed by atoms with Crippen LogP contribution in [0.3, 0.4) is 0 Å². The van der Waals surface area contributed by atoms with Gasteiger partial charge in [0, 0.05) is 24.0 Å². The predicted octanol–water partition coefficient (Wildman–Crippen LogP) is 3.77. The van der Waals surface area contributed by atoms with E-state index in [4.69, 9.17) is 9.84 Å². The van der Waals surface area contributed by atoms with Crippen molar-refractivity contribution in [2.45, 2.75) is 68.1 Å². The summed E-state index contributed by atoms with van der Waals surface area (Å²) in [7, 11) is 0. The lowest BCUT2D eigenvalue weighted by Crippen LogP contribution is -2.45. The number of ether oxygens (including phenoxy) is 1. The van der Waals surface area contributed by atoms with E-state index in [0.717, 1.165) is 23.5 Å². The number of carbonyl (C=O) groups is 1. The first kappa shape index (κ1) is 19.1. The highest BCUT2D eigenvalue weighted by Crippen LogP contribution is 2.34. The van der Waals surface area contributed by atoms with Crippen LogP contribution in [0.5, 0.6) is 5.75 Å². The monoisotopic (exact) mass is 351 g/mol. The summed E-state index contributed by atoms with van der Waals surface area (Å²) in [5.41, 5.74) is 0. The highest BCUT2D eigenvalue weighted by atomic mass is 32.2. The second-order valence-corrected chi connectivity index (χ2v) is 8.51. The number of carbonyl (C=O) groups excluding carboxylic acids is 1. The van der Waals surface area contributed by atoms with E-state index in [1.54, 1.807) is 11.8 Å². The summed E-state index contributed by atoms with van der Waals surface area (Å²) in [5.74, 6) is 0.903. The summed E-state index contributed by atoms with van der Waals surface area (Å²) in [6, 6.07) is 8.13. The Kier molecular flexibility index (Phi) is 7.43. The van der Waals surface area contributed by atoms with Gasteiger partial charge in [0.25, 0.3) is 0 Å². The van der Waals surface area contributed by atoms with Crippen LogP contribution >= 0.6 is 11.8 Å². The van der Waals surface area contributed by atoms with Gasteiger partial charge >= 0.3 is 0 Å². The number of rotatable bonds is 8. The number of aliphatic hydroxyl groups excluding tert-OH is 1. The average Bonchev–Trinajstić information content (AvgIpc) is 2.57. The maximum Gasteiger partial charge on any atom is 0.236 e. The minimum absolute atomic E-state index is 0.114. The maximum absolute atomic E-state index is 12.6. The van der Waals surface area contributed by atoms with Crippen molar-refractivity contribution in [3.63, 3.8) is 0 Å². The van der Waals surface area contributed by atoms with E-state index in [9.17, 15) is 4.79 Å². The molecule has 2 rings (SSSR count). The topological polar surface area (TPSA) is 58.6 Å². The zero-order valence-corrected chi connectivity index (χ0v) is 15.5. The normalized spacial score (nSPS) is 16.0. The van der Waals surface area contributed by atoms with Crippen LogP contribution in [0.2, 0.25) is 0 Å². The standard InChI is InChI=1S/C19H29NO3S/c1-19(2,18(22)20-15-7-4-3-5-8-15)24-17-11-9-16(10-12-17)23-14-6-13-21/h9-12,15,21H,3-8,13-14H2,1-2H3,(H,20,22). The summed E-state index contributed by atoms with van der Waals surface area (Å²) in [6.07, 6.45) is 6.56. The third kappa shape index (κ3) is 6.02. The van der Waals surface area contributed by atoms with E-state index >= 15 is 0 Å². The van der Waals surface area contributed by atoms with E-state index < -0.39 is 4.75 Å². The molecule has 1 aromatic carbocycles. The summed E-state index contributed by atoms with van der Waals surface area (Å²) in [5, 5.41) is 12.0. The van der Waals surface area contributed by atoms with Crippen molar-refractivity contribution in [1.82, 2.24) is 5.32 Å². The molecule has 0 aliphatic heterocycles. The number of aliphatic hydroxyl groups is 1. The molecule has 1 saturated carbocycles. The fourth-order valence-electron chi connectivity index (χ4n) is 2.81. The van der Waals surface area contributed by atoms with Gasteiger partial charge in [-0.3, -0.25) is 4.79 Å². The Balaban J connectivity index is 1.86. The van der Waals surface area contributed by atoms with Crippen LogP contribution in [0.25, 0.3) is 0 Å². The van der Waals surface area contributed by atoms with E-state index in [2.05, 4.69) is 5.32 Å². The molecule has 0 unspecified atom stereocenters. The molecule has 1 fully saturated rings. The van der Waals surface area contributed by atoms with Gasteiger partial charge in [0.2, 0.25) is 5.91 Å². The van der Waals surface area contributed by atoms with Crippen LogP contribution in [0.15, 0.2) is 29.2 Å². The molecule has 134 valence electrons. The lowest BCUT2D eigenvalue weighted by Gasteiger charge is -2.29. The molecule has 0 spiro atoms. The van der Waals surface area contributed by atoms with Crippen molar-refractivity contribution in [2.75, 3.05) is 13.2 Å². The van der Waals surface area contributed by atoms with Gasteiger partial charge in [0.05, 0.1) is 11.4 Å². The molecule has 0 aromatic heterocycles. The number of benzene rings is 1. The Morgan fingerprint density at radius 3 is 2.54 bits per heavy atom. The van der Waals surface area contributed by atoms with Crippen molar-refractivity contribution >= 4 is 17.7 Å². The van der Waals surface area contributed by atoms with Crippen molar-refractivity contribution in [2.24, 2.45) is 0 Å². The molecule has 1 aliphatic carbocycles. The van der Waals surface area contributed by atoms with Gasteiger partial charge in [-0.05, 0) is 51.0 Å². The van der Waals surface area contributed by atoms with Gasteiger partial charge in [0.1, 0.15) is 5.75 Å². The lowest BCUT2D eigenvalue weighted by molar-refractivity contribution is -0.123. The third-order valence-electron chi connectivity index (χ3n) is 4.26. The molecule has 0 heterocycles. The number of hydrogen-bond donors (Lipinski definition) is 2. The molecular weight excluding hydrogens is 322 g/mol. The van der Waals surface area contributed by atoms with E-state index in [0.29, 0.717) is 19.1 Å². The summed E-state index contributed by atoms with van der Waals surface area (Å²) in [6.45, 7) is 4.60. The van der Waals surface area contributed by atoms with Gasteiger partial charge < -0.3 is 15.2 Å². The Hall–Kier alpha value is -1.20. The second-order valence-electron chi connectivity index (χ2n) is 6.82. The Morgan fingerprint density at radius 2 is 1.92 bits per heavy atom. The molecule has 4 nitrogen and oxygen atoms in total. The predicted molar refractivity (Wildman–Crippen MR) is 98.6 cm³/mol. The largest absolute Gasteiger partial charge is 0.494 e. The number of nitrogens with one attached hydrogen (secondary N) is 1. The van der Waals surface area contributed by atoms with Crippen LogP contribution in [0.1, 0.15) is 52.4 Å². The van der Waals surface area contributed by atoms with Crippen molar-refractivity contribution in [3.8, 4) is 5.75 Å². The van der Waals surface area contributed by atoms with E-state index in [1.807, 2.05) is 38.1 Å². The van der Waals surface area contributed by atoms with E-state index in [1.165, 1.54) is 19.3 Å². The summed E-state index contributed by atoms with van der Waals surface area (Å²) < 4.78 is 5.03. The Bertz CT molecular complexity index is 510. The molecule has 0 saturated heterocycles. The first-order valence-electron chi connectivity index (χ1n) is 8.85. The lowest BCUT2D eigenvalue weighted by atomic mass is 9.95. The summed E-state index contributed by atoms with van der Waals surface area (Å²) >= 11 is 1.57. The minimum Gasteiger partial charge on any atom is -0.494 e. The van der Waals surface area contributed by atoms with Crippen LogP contribution in [-0.2, 0) is 4.79 Å². The highest BCUT2D eigenvalue weighted by Gasteiger charge is 2.30. The van der Waals surface area contributed by atoms with Crippen molar-refractivity contribution < 1.29 is 14.6 Å². The quantitative estimate of drug-likeness (QED) is 0.553. The first-order valence-corrected chi connectivity index (χ1v) is 9.66. The van der Waals surface area contributed by atoms with Crippen molar-refractivity contribution in [1.29, 1.82) is 0 Å². The van der Waals surface area contributed by atoms with E-state index in [-0.39, 0.29) is 12.5 Å². The number of hydrogen-bond acceptors (Lipinski definition) is 4. The maximum atomic E-state index is 12.6. The number of thioether (sulfide) groups is 1. The molecule has 0 atom stereocenters. The van der Waals surface area contributed by atoms with Crippen LogP contribution in [-0.4, -0.2) is 35.0 Å². The molecule has 2 N–H and O–H groups in total. The minimum atomic E-state index is -0.503. The van der Waals surface area contributed by atoms with Crippen LogP contribution in [0.4, 0.5) is 0 Å². The molecule has 0 radical (unpaired) electrons. The highest BCUT2D eigenvalue weighted by molar-refractivity contribution is 8.01. The SMILES string of the molecule is CC(C)(Sc1ccc(OCCCO)cc1)C(=O)NC1CCCCC1. The zero-order valence-electron chi connectivity index (χ0n) is 14.7. The van der Waals surface area contributed by atoms with Gasteiger partial charge in [-0.2, -0.15) is 0 Å². The molecule has 1 aliphatic rings. The molecule has 1 aromatic rings. The molecular formula is C19H29NO3S. The molecule has 5 heteroatoms. The third-order valence-corrected chi connectivity index (χ3v) is 5.46. The fourth-order valence-corrected chi connectivity index (χ4v) is 3.82. The summed E-state index contributed by atoms with van der Waals surface area (Å²) in [4.78, 5) is 13.6. The van der Waals surface area contributed by atoms with Gasteiger partial charge in [-0.25, -0.2) is 0 Å². The molecule has 24 heavy (non-hydrogen) atoms. The zero-order chi connectivity index (χ0) is 17.4. The molecule has 0 bridgehead atoms. The van der Waals surface area contributed by atoms with Crippen LogP contribution in [0, 0.1) is 0 Å². The van der Waals surface area contributed by atoms with Gasteiger partial charge in [-0.1, -0.05) is 19.3 Å².